The van der Waals surface area contributed by atoms with E-state index in [2.05, 4.69) is 9.88 Å². The van der Waals surface area contributed by atoms with Crippen LogP contribution in [0.5, 0.6) is 0 Å². The fourth-order valence-electron chi connectivity index (χ4n) is 3.01. The van der Waals surface area contributed by atoms with Gasteiger partial charge in [-0.25, -0.2) is 4.98 Å². The molecule has 1 heterocycles. The second-order valence-electron chi connectivity index (χ2n) is 6.64. The molecule has 3 nitrogen and oxygen atoms in total. The molecular formula is C21H22F3N3. The first-order chi connectivity index (χ1) is 12.8. The van der Waals surface area contributed by atoms with E-state index in [4.69, 9.17) is 0 Å². The summed E-state index contributed by atoms with van der Waals surface area (Å²) in [6.07, 6.45) is 1.36. The number of halogens is 3. The molecule has 0 aliphatic carbocycles. The molecule has 142 valence electrons. The Morgan fingerprint density at radius 1 is 0.963 bits per heavy atom. The van der Waals surface area contributed by atoms with E-state index < -0.39 is 11.7 Å². The Morgan fingerprint density at radius 3 is 2.07 bits per heavy atom. The van der Waals surface area contributed by atoms with Crippen molar-refractivity contribution in [2.24, 2.45) is 7.05 Å². The standard InChI is InChI=1S/C21H22F3N3/c1-26(13-3-4-20-14-25-15-27(20)2)19-11-7-17(8-12-19)16-5-9-18(10-6-16)21(22,23)24/h5-12,14-15H,3-4,13H2,1-2H3. The van der Waals surface area contributed by atoms with Crippen molar-refractivity contribution in [3.63, 3.8) is 0 Å². The van der Waals surface area contributed by atoms with E-state index in [1.807, 2.05) is 49.1 Å². The summed E-state index contributed by atoms with van der Waals surface area (Å²) in [5, 5.41) is 0. The second kappa shape index (κ2) is 7.86. The highest BCUT2D eigenvalue weighted by atomic mass is 19.4. The third-order valence-corrected chi connectivity index (χ3v) is 4.70. The van der Waals surface area contributed by atoms with Gasteiger partial charge in [-0.15, -0.1) is 0 Å². The normalized spacial score (nSPS) is 11.6. The van der Waals surface area contributed by atoms with Crippen molar-refractivity contribution in [2.45, 2.75) is 19.0 Å². The summed E-state index contributed by atoms with van der Waals surface area (Å²) in [7, 11) is 4.03. The Morgan fingerprint density at radius 2 is 1.56 bits per heavy atom. The van der Waals surface area contributed by atoms with Gasteiger partial charge in [0.1, 0.15) is 0 Å². The summed E-state index contributed by atoms with van der Waals surface area (Å²) >= 11 is 0. The second-order valence-corrected chi connectivity index (χ2v) is 6.64. The number of benzene rings is 2. The van der Waals surface area contributed by atoms with Gasteiger partial charge < -0.3 is 9.47 Å². The van der Waals surface area contributed by atoms with Gasteiger partial charge in [-0.05, 0) is 48.2 Å². The largest absolute Gasteiger partial charge is 0.416 e. The SMILES string of the molecule is CN(CCCc1cncn1C)c1ccc(-c2ccc(C(F)(F)F)cc2)cc1. The van der Waals surface area contributed by atoms with Crippen LogP contribution in [0.1, 0.15) is 17.7 Å². The highest BCUT2D eigenvalue weighted by Gasteiger charge is 2.29. The fraction of sp³-hybridized carbons (Fsp3) is 0.286. The number of aryl methyl sites for hydroxylation is 2. The van der Waals surface area contributed by atoms with E-state index in [9.17, 15) is 13.2 Å². The Bertz CT molecular complexity index is 865. The lowest BCUT2D eigenvalue weighted by Gasteiger charge is -2.19. The van der Waals surface area contributed by atoms with Crippen LogP contribution < -0.4 is 4.90 Å². The third kappa shape index (κ3) is 4.70. The minimum absolute atomic E-state index is 0.629. The topological polar surface area (TPSA) is 21.1 Å². The van der Waals surface area contributed by atoms with Crippen molar-refractivity contribution in [1.82, 2.24) is 9.55 Å². The molecule has 3 rings (SSSR count). The van der Waals surface area contributed by atoms with Crippen LogP contribution in [0, 0.1) is 0 Å². The minimum Gasteiger partial charge on any atom is -0.375 e. The number of nitrogens with zero attached hydrogens (tertiary/aromatic N) is 3. The average Bonchev–Trinajstić information content (AvgIpc) is 3.06. The van der Waals surface area contributed by atoms with Gasteiger partial charge in [0, 0.05) is 38.2 Å². The van der Waals surface area contributed by atoms with E-state index in [0.29, 0.717) is 0 Å². The van der Waals surface area contributed by atoms with E-state index in [0.717, 1.165) is 48.3 Å². The molecule has 2 aromatic carbocycles. The highest BCUT2D eigenvalue weighted by molar-refractivity contribution is 5.66. The molecule has 0 saturated carbocycles. The molecule has 0 bridgehead atoms. The van der Waals surface area contributed by atoms with Crippen molar-refractivity contribution in [3.8, 4) is 11.1 Å². The third-order valence-electron chi connectivity index (χ3n) is 4.70. The van der Waals surface area contributed by atoms with Crippen molar-refractivity contribution < 1.29 is 13.2 Å². The molecule has 0 aliphatic heterocycles. The number of hydrogen-bond donors (Lipinski definition) is 0. The summed E-state index contributed by atoms with van der Waals surface area (Å²) in [5.74, 6) is 0. The molecule has 0 aliphatic rings. The molecule has 1 aromatic heterocycles. The first-order valence-electron chi connectivity index (χ1n) is 8.78. The van der Waals surface area contributed by atoms with Gasteiger partial charge in [0.05, 0.1) is 11.9 Å². The van der Waals surface area contributed by atoms with Gasteiger partial charge in [-0.3, -0.25) is 0 Å². The van der Waals surface area contributed by atoms with Crippen molar-refractivity contribution in [2.75, 3.05) is 18.5 Å². The lowest BCUT2D eigenvalue weighted by molar-refractivity contribution is -0.137. The van der Waals surface area contributed by atoms with E-state index in [1.54, 1.807) is 6.33 Å². The number of anilines is 1. The maximum Gasteiger partial charge on any atom is 0.416 e. The van der Waals surface area contributed by atoms with Crippen molar-refractivity contribution in [3.05, 3.63) is 72.3 Å². The predicted molar refractivity (Wildman–Crippen MR) is 102 cm³/mol. The Kier molecular flexibility index (Phi) is 5.54. The molecule has 0 radical (unpaired) electrons. The maximum atomic E-state index is 12.7. The Hall–Kier alpha value is -2.76. The number of rotatable bonds is 6. The molecule has 0 N–H and O–H groups in total. The number of aromatic nitrogens is 2. The summed E-state index contributed by atoms with van der Waals surface area (Å²) in [5.41, 5.74) is 3.33. The number of imidazole rings is 1. The van der Waals surface area contributed by atoms with Crippen LogP contribution in [0.3, 0.4) is 0 Å². The van der Waals surface area contributed by atoms with Gasteiger partial charge in [0.15, 0.2) is 0 Å². The zero-order valence-electron chi connectivity index (χ0n) is 15.4. The summed E-state index contributed by atoms with van der Waals surface area (Å²) in [6, 6.07) is 13.1. The summed E-state index contributed by atoms with van der Waals surface area (Å²) < 4.78 is 40.0. The molecule has 0 spiro atoms. The smallest absolute Gasteiger partial charge is 0.375 e. The van der Waals surface area contributed by atoms with Gasteiger partial charge in [-0.1, -0.05) is 24.3 Å². The number of alkyl halides is 3. The van der Waals surface area contributed by atoms with Crippen LogP contribution >= 0.6 is 0 Å². The first kappa shape index (κ1) is 19.0. The lowest BCUT2D eigenvalue weighted by Crippen LogP contribution is -2.19. The van der Waals surface area contributed by atoms with Gasteiger partial charge >= 0.3 is 6.18 Å². The van der Waals surface area contributed by atoms with Crippen LogP contribution in [-0.2, 0) is 19.6 Å². The van der Waals surface area contributed by atoms with Crippen LogP contribution in [0.15, 0.2) is 61.1 Å². The monoisotopic (exact) mass is 373 g/mol. The Balaban J connectivity index is 1.60. The highest BCUT2D eigenvalue weighted by Crippen LogP contribution is 2.31. The van der Waals surface area contributed by atoms with E-state index in [-0.39, 0.29) is 0 Å². The van der Waals surface area contributed by atoms with Gasteiger partial charge in [0.2, 0.25) is 0 Å². The summed E-state index contributed by atoms with van der Waals surface area (Å²) in [6.45, 7) is 0.908. The molecule has 3 aromatic rings. The molecule has 0 unspecified atom stereocenters. The van der Waals surface area contributed by atoms with Gasteiger partial charge in [-0.2, -0.15) is 13.2 Å². The maximum absolute atomic E-state index is 12.7. The van der Waals surface area contributed by atoms with E-state index in [1.165, 1.54) is 17.8 Å². The van der Waals surface area contributed by atoms with Crippen molar-refractivity contribution >= 4 is 5.69 Å². The zero-order valence-corrected chi connectivity index (χ0v) is 15.4. The molecule has 6 heteroatoms. The minimum atomic E-state index is -4.30. The van der Waals surface area contributed by atoms with Crippen LogP contribution in [0.2, 0.25) is 0 Å². The van der Waals surface area contributed by atoms with Crippen LogP contribution in [0.4, 0.5) is 18.9 Å². The lowest BCUT2D eigenvalue weighted by atomic mass is 10.0. The van der Waals surface area contributed by atoms with Gasteiger partial charge in [0.25, 0.3) is 0 Å². The first-order valence-corrected chi connectivity index (χ1v) is 8.78. The number of hydrogen-bond acceptors (Lipinski definition) is 2. The molecule has 0 amide bonds. The molecule has 0 atom stereocenters. The van der Waals surface area contributed by atoms with E-state index >= 15 is 0 Å². The molecule has 0 fully saturated rings. The zero-order chi connectivity index (χ0) is 19.4. The Labute approximate surface area is 157 Å². The molecule has 27 heavy (non-hydrogen) atoms. The molecular weight excluding hydrogens is 351 g/mol. The van der Waals surface area contributed by atoms with Crippen molar-refractivity contribution in [1.29, 1.82) is 0 Å². The quantitative estimate of drug-likeness (QED) is 0.594. The fourth-order valence-corrected chi connectivity index (χ4v) is 3.01. The molecule has 0 saturated heterocycles. The van der Waals surface area contributed by atoms with Crippen LogP contribution in [-0.4, -0.2) is 23.1 Å². The predicted octanol–water partition coefficient (Wildman–Crippen LogP) is 5.17. The summed E-state index contributed by atoms with van der Waals surface area (Å²) in [4.78, 5) is 6.30. The average molecular weight is 373 g/mol. The van der Waals surface area contributed by atoms with Crippen LogP contribution in [0.25, 0.3) is 11.1 Å².